The maximum absolute atomic E-state index is 12.1. The lowest BCUT2D eigenvalue weighted by Gasteiger charge is -2.52. The first-order valence-electron chi connectivity index (χ1n) is 9.09. The Morgan fingerprint density at radius 2 is 2.08 bits per heavy atom. The average Bonchev–Trinajstić information content (AvgIpc) is 3.42. The Morgan fingerprint density at radius 1 is 1.24 bits per heavy atom. The van der Waals surface area contributed by atoms with Gasteiger partial charge in [-0.2, -0.15) is 0 Å². The number of nitrogens with zero attached hydrogens (tertiary/aromatic N) is 3. The second-order valence-corrected chi connectivity index (χ2v) is 7.60. The standard InChI is InChI=1S/C18H24N4O3/c23-16(7-13-1-2-13)22-11-18(12-22)4-3-14(10-25-18)8-21-17(24)15-9-19-5-6-20-15/h5-6,9,13-14H,1-4,7-8,10-12H2,(H,21,24). The van der Waals surface area contributed by atoms with Crippen LogP contribution in [0.1, 0.15) is 42.6 Å². The number of hydrogen-bond donors (Lipinski definition) is 1. The molecule has 0 bridgehead atoms. The predicted molar refractivity (Wildman–Crippen MR) is 89.7 cm³/mol. The van der Waals surface area contributed by atoms with E-state index in [1.165, 1.54) is 25.2 Å². The highest BCUT2D eigenvalue weighted by Crippen LogP contribution is 2.38. The van der Waals surface area contributed by atoms with Crippen molar-refractivity contribution in [3.63, 3.8) is 0 Å². The summed E-state index contributed by atoms with van der Waals surface area (Å²) in [7, 11) is 0. The SMILES string of the molecule is O=C(NCC1CCC2(CN(C(=O)CC3CC3)C2)OC1)c1cnccn1. The molecule has 1 spiro atoms. The van der Waals surface area contributed by atoms with Crippen LogP contribution in [0.3, 0.4) is 0 Å². The molecule has 1 aliphatic carbocycles. The first-order chi connectivity index (χ1) is 12.1. The molecule has 0 radical (unpaired) electrons. The van der Waals surface area contributed by atoms with Gasteiger partial charge in [0.25, 0.3) is 5.91 Å². The lowest BCUT2D eigenvalue weighted by atomic mass is 9.82. The van der Waals surface area contributed by atoms with Gasteiger partial charge in [-0.1, -0.05) is 0 Å². The van der Waals surface area contributed by atoms with E-state index in [4.69, 9.17) is 4.74 Å². The second kappa shape index (κ2) is 6.71. The lowest BCUT2D eigenvalue weighted by molar-refractivity contribution is -0.188. The second-order valence-electron chi connectivity index (χ2n) is 7.60. The van der Waals surface area contributed by atoms with Gasteiger partial charge in [0, 0.05) is 25.4 Å². The van der Waals surface area contributed by atoms with Gasteiger partial charge in [-0.3, -0.25) is 14.6 Å². The summed E-state index contributed by atoms with van der Waals surface area (Å²) in [5, 5.41) is 2.90. The molecule has 25 heavy (non-hydrogen) atoms. The van der Waals surface area contributed by atoms with Crippen LogP contribution in [0.2, 0.25) is 0 Å². The molecule has 1 atom stereocenters. The molecular weight excluding hydrogens is 320 g/mol. The van der Waals surface area contributed by atoms with Crippen LogP contribution in [0.25, 0.3) is 0 Å². The molecule has 1 aromatic heterocycles. The number of carbonyl (C=O) groups excluding carboxylic acids is 2. The third-order valence-corrected chi connectivity index (χ3v) is 5.45. The lowest BCUT2D eigenvalue weighted by Crippen LogP contribution is -2.66. The first-order valence-corrected chi connectivity index (χ1v) is 9.09. The molecule has 2 aliphatic heterocycles. The van der Waals surface area contributed by atoms with Crippen LogP contribution in [-0.2, 0) is 9.53 Å². The van der Waals surface area contributed by atoms with Crippen molar-refractivity contribution in [2.45, 2.75) is 37.7 Å². The summed E-state index contributed by atoms with van der Waals surface area (Å²) in [6.07, 6.45) is 9.61. The van der Waals surface area contributed by atoms with Crippen LogP contribution in [0.15, 0.2) is 18.6 Å². The summed E-state index contributed by atoms with van der Waals surface area (Å²) < 4.78 is 6.08. The molecule has 3 aliphatic rings. The fraction of sp³-hybridized carbons (Fsp3) is 0.667. The third kappa shape index (κ3) is 3.81. The number of nitrogens with one attached hydrogen (secondary N) is 1. The molecule has 7 heteroatoms. The van der Waals surface area contributed by atoms with Gasteiger partial charge in [-0.05, 0) is 37.5 Å². The minimum atomic E-state index is -0.200. The molecule has 2 amide bonds. The van der Waals surface area contributed by atoms with Crippen molar-refractivity contribution in [1.82, 2.24) is 20.2 Å². The van der Waals surface area contributed by atoms with E-state index in [0.29, 0.717) is 37.1 Å². The van der Waals surface area contributed by atoms with E-state index in [9.17, 15) is 9.59 Å². The summed E-state index contributed by atoms with van der Waals surface area (Å²) in [6, 6.07) is 0. The molecule has 1 aromatic rings. The van der Waals surface area contributed by atoms with Crippen molar-refractivity contribution in [2.75, 3.05) is 26.2 Å². The largest absolute Gasteiger partial charge is 0.371 e. The average molecular weight is 344 g/mol. The highest BCUT2D eigenvalue weighted by molar-refractivity contribution is 5.91. The quantitative estimate of drug-likeness (QED) is 0.862. The number of amides is 2. The summed E-state index contributed by atoms with van der Waals surface area (Å²) in [5.41, 5.74) is 0.199. The zero-order chi connectivity index (χ0) is 17.3. The number of carbonyl (C=O) groups is 2. The summed E-state index contributed by atoms with van der Waals surface area (Å²) in [6.45, 7) is 2.68. The van der Waals surface area contributed by atoms with E-state index < -0.39 is 0 Å². The van der Waals surface area contributed by atoms with Crippen molar-refractivity contribution in [3.8, 4) is 0 Å². The molecule has 0 aromatic carbocycles. The molecule has 7 nitrogen and oxygen atoms in total. The van der Waals surface area contributed by atoms with Crippen LogP contribution in [0.4, 0.5) is 0 Å². The van der Waals surface area contributed by atoms with Crippen LogP contribution >= 0.6 is 0 Å². The van der Waals surface area contributed by atoms with E-state index in [1.54, 1.807) is 6.20 Å². The minimum Gasteiger partial charge on any atom is -0.371 e. The molecule has 134 valence electrons. The highest BCUT2D eigenvalue weighted by atomic mass is 16.5. The molecular formula is C18H24N4O3. The van der Waals surface area contributed by atoms with Gasteiger partial charge in [0.15, 0.2) is 0 Å². The van der Waals surface area contributed by atoms with Gasteiger partial charge in [-0.15, -0.1) is 0 Å². The summed E-state index contributed by atoms with van der Waals surface area (Å²) >= 11 is 0. The number of aromatic nitrogens is 2. The predicted octanol–water partition coefficient (Wildman–Crippen LogP) is 1.01. The smallest absolute Gasteiger partial charge is 0.271 e. The van der Waals surface area contributed by atoms with E-state index in [1.807, 2.05) is 4.90 Å². The van der Waals surface area contributed by atoms with Gasteiger partial charge in [0.05, 0.1) is 25.9 Å². The van der Waals surface area contributed by atoms with Gasteiger partial charge in [0.1, 0.15) is 11.3 Å². The van der Waals surface area contributed by atoms with E-state index in [2.05, 4.69) is 15.3 Å². The Labute approximate surface area is 147 Å². The van der Waals surface area contributed by atoms with Gasteiger partial charge < -0.3 is 15.0 Å². The van der Waals surface area contributed by atoms with Gasteiger partial charge in [0.2, 0.25) is 5.91 Å². The molecule has 2 saturated heterocycles. The molecule has 1 N–H and O–H groups in total. The third-order valence-electron chi connectivity index (χ3n) is 5.45. The first kappa shape index (κ1) is 16.4. The van der Waals surface area contributed by atoms with Crippen molar-refractivity contribution < 1.29 is 14.3 Å². The fourth-order valence-electron chi connectivity index (χ4n) is 3.60. The Hall–Kier alpha value is -2.02. The fourth-order valence-corrected chi connectivity index (χ4v) is 3.60. The number of likely N-dealkylation sites (tertiary alicyclic amines) is 1. The number of rotatable bonds is 5. The molecule has 3 heterocycles. The normalized spacial score (nSPS) is 24.6. The van der Waals surface area contributed by atoms with Crippen molar-refractivity contribution in [2.24, 2.45) is 11.8 Å². The van der Waals surface area contributed by atoms with E-state index in [0.717, 1.165) is 25.9 Å². The van der Waals surface area contributed by atoms with Gasteiger partial charge in [-0.25, -0.2) is 4.98 Å². The van der Waals surface area contributed by atoms with E-state index >= 15 is 0 Å². The van der Waals surface area contributed by atoms with Crippen LogP contribution in [0, 0.1) is 11.8 Å². The van der Waals surface area contributed by atoms with Crippen molar-refractivity contribution in [1.29, 1.82) is 0 Å². The number of ether oxygens (including phenoxy) is 1. The van der Waals surface area contributed by atoms with Crippen molar-refractivity contribution >= 4 is 11.8 Å². The highest BCUT2D eigenvalue weighted by Gasteiger charge is 2.48. The Bertz CT molecular complexity index is 631. The maximum atomic E-state index is 12.1. The molecule has 1 saturated carbocycles. The van der Waals surface area contributed by atoms with Crippen LogP contribution < -0.4 is 5.32 Å². The molecule has 4 rings (SSSR count). The molecule has 3 fully saturated rings. The summed E-state index contributed by atoms with van der Waals surface area (Å²) in [4.78, 5) is 33.9. The van der Waals surface area contributed by atoms with Crippen molar-refractivity contribution in [3.05, 3.63) is 24.3 Å². The Morgan fingerprint density at radius 3 is 2.72 bits per heavy atom. The Balaban J connectivity index is 1.18. The maximum Gasteiger partial charge on any atom is 0.271 e. The zero-order valence-electron chi connectivity index (χ0n) is 14.3. The van der Waals surface area contributed by atoms with E-state index in [-0.39, 0.29) is 17.4 Å². The number of hydrogen-bond acceptors (Lipinski definition) is 5. The van der Waals surface area contributed by atoms with Gasteiger partial charge >= 0.3 is 0 Å². The monoisotopic (exact) mass is 344 g/mol. The molecule has 1 unspecified atom stereocenters. The zero-order valence-corrected chi connectivity index (χ0v) is 14.3. The Kier molecular flexibility index (Phi) is 4.41. The van der Waals surface area contributed by atoms with Crippen LogP contribution in [-0.4, -0.2) is 58.5 Å². The topological polar surface area (TPSA) is 84.4 Å². The minimum absolute atomic E-state index is 0.134. The summed E-state index contributed by atoms with van der Waals surface area (Å²) in [5.74, 6) is 1.03. The van der Waals surface area contributed by atoms with Crippen LogP contribution in [0.5, 0.6) is 0 Å².